The first-order valence-corrected chi connectivity index (χ1v) is 8.51. The van der Waals surface area contributed by atoms with Gasteiger partial charge in [-0.05, 0) is 48.2 Å². The minimum Gasteiger partial charge on any atom is -0.465 e. The molecule has 0 aliphatic heterocycles. The zero-order valence-corrected chi connectivity index (χ0v) is 14.8. The first-order chi connectivity index (χ1) is 12.9. The van der Waals surface area contributed by atoms with Crippen LogP contribution in [0.2, 0.25) is 0 Å². The van der Waals surface area contributed by atoms with Crippen LogP contribution in [0.4, 0.5) is 5.69 Å². The van der Waals surface area contributed by atoms with Crippen molar-refractivity contribution in [2.45, 2.75) is 18.4 Å². The monoisotopic (exact) mass is 368 g/mol. The molecule has 0 heterocycles. The normalized spacial score (nSPS) is 17.7. The molecule has 3 rings (SSSR count). The van der Waals surface area contributed by atoms with Gasteiger partial charge in [0.05, 0.1) is 19.2 Å². The van der Waals surface area contributed by atoms with Gasteiger partial charge >= 0.3 is 17.8 Å². The summed E-state index contributed by atoms with van der Waals surface area (Å²) in [4.78, 5) is 35.5. The van der Waals surface area contributed by atoms with Gasteiger partial charge in [0.2, 0.25) is 0 Å². The van der Waals surface area contributed by atoms with Crippen LogP contribution in [0.3, 0.4) is 0 Å². The smallest absolute Gasteiger partial charge is 0.337 e. The summed E-state index contributed by atoms with van der Waals surface area (Å²) in [6.07, 6.45) is 1.21. The van der Waals surface area contributed by atoms with E-state index in [1.54, 1.807) is 0 Å². The molecule has 1 aliphatic carbocycles. The molecule has 2 aromatic carbocycles. The van der Waals surface area contributed by atoms with Crippen LogP contribution >= 0.6 is 0 Å². The topological polar surface area (TPSA) is 105 Å². The van der Waals surface area contributed by atoms with Crippen molar-refractivity contribution in [2.75, 3.05) is 19.0 Å². The summed E-state index contributed by atoms with van der Waals surface area (Å²) in [5.41, 5.74) is 1.36. The fourth-order valence-electron chi connectivity index (χ4n) is 3.15. The highest BCUT2D eigenvalue weighted by molar-refractivity contribution is 6.39. The molecular weight excluding hydrogens is 348 g/mol. The number of aliphatic hydroxyl groups is 1. The number of aryl methyl sites for hydroxylation is 1. The first kappa shape index (κ1) is 18.6. The summed E-state index contributed by atoms with van der Waals surface area (Å²) in [6, 6.07) is 13.5. The molecule has 2 amide bonds. The Hall–Kier alpha value is -3.19. The van der Waals surface area contributed by atoms with E-state index in [-0.39, 0.29) is 6.54 Å². The number of ether oxygens (including phenoxy) is 1. The molecule has 1 unspecified atom stereocenters. The largest absolute Gasteiger partial charge is 0.465 e. The first-order valence-electron chi connectivity index (χ1n) is 8.51. The van der Waals surface area contributed by atoms with Crippen LogP contribution in [0.5, 0.6) is 0 Å². The zero-order valence-electron chi connectivity index (χ0n) is 14.8. The number of esters is 1. The lowest BCUT2D eigenvalue weighted by Gasteiger charge is -2.24. The number of anilines is 1. The number of carbonyl (C=O) groups excluding carboxylic acids is 3. The van der Waals surface area contributed by atoms with Gasteiger partial charge in [0.1, 0.15) is 5.60 Å². The Balaban J connectivity index is 1.57. The van der Waals surface area contributed by atoms with Gasteiger partial charge in [-0.25, -0.2) is 4.79 Å². The highest BCUT2D eigenvalue weighted by Gasteiger charge is 2.37. The maximum absolute atomic E-state index is 12.1. The molecule has 0 radical (unpaired) electrons. The van der Waals surface area contributed by atoms with Gasteiger partial charge in [0.15, 0.2) is 0 Å². The van der Waals surface area contributed by atoms with E-state index in [1.165, 1.54) is 31.4 Å². The molecule has 3 N–H and O–H groups in total. The van der Waals surface area contributed by atoms with Gasteiger partial charge < -0.3 is 20.5 Å². The van der Waals surface area contributed by atoms with E-state index in [0.29, 0.717) is 17.7 Å². The average Bonchev–Trinajstić information content (AvgIpc) is 3.03. The minimum atomic E-state index is -1.17. The predicted octanol–water partition coefficient (Wildman–Crippen LogP) is 1.36. The number of hydrogen-bond acceptors (Lipinski definition) is 5. The quantitative estimate of drug-likeness (QED) is 0.558. The van der Waals surface area contributed by atoms with Crippen molar-refractivity contribution < 1.29 is 24.2 Å². The minimum absolute atomic E-state index is 0.0441. The number of methoxy groups -OCH3 is 1. The standard InChI is InChI=1S/C20H20N2O5/c1-27-19(25)14-6-8-15(9-7-14)22-18(24)17(23)21-12-20(26)11-10-13-4-2-3-5-16(13)20/h2-9,26H,10-12H2,1H3,(H,21,23)(H,22,24). The molecule has 140 valence electrons. The van der Waals surface area contributed by atoms with Gasteiger partial charge in [-0.1, -0.05) is 24.3 Å². The molecule has 2 aromatic rings. The number of rotatable bonds is 4. The van der Waals surface area contributed by atoms with Gasteiger partial charge in [0, 0.05) is 5.69 Å². The maximum Gasteiger partial charge on any atom is 0.337 e. The molecule has 1 atom stereocenters. The SMILES string of the molecule is COC(=O)c1ccc(NC(=O)C(=O)NCC2(O)CCc3ccccc32)cc1. The molecule has 0 saturated heterocycles. The van der Waals surface area contributed by atoms with Gasteiger partial charge in [-0.15, -0.1) is 0 Å². The van der Waals surface area contributed by atoms with Crippen molar-refractivity contribution in [2.24, 2.45) is 0 Å². The van der Waals surface area contributed by atoms with Crippen molar-refractivity contribution >= 4 is 23.5 Å². The third-order valence-electron chi connectivity index (χ3n) is 4.64. The van der Waals surface area contributed by atoms with E-state index in [9.17, 15) is 19.5 Å². The molecular formula is C20H20N2O5. The van der Waals surface area contributed by atoms with Crippen LogP contribution in [-0.4, -0.2) is 36.5 Å². The lowest BCUT2D eigenvalue weighted by molar-refractivity contribution is -0.136. The predicted molar refractivity (Wildman–Crippen MR) is 98.1 cm³/mol. The Morgan fingerprint density at radius 3 is 2.48 bits per heavy atom. The third kappa shape index (κ3) is 3.98. The molecule has 1 aliphatic rings. The molecule has 0 bridgehead atoms. The Kier molecular flexibility index (Phi) is 5.23. The van der Waals surface area contributed by atoms with Gasteiger partial charge in [0.25, 0.3) is 0 Å². The number of benzene rings is 2. The Labute approximate surface area is 156 Å². The van der Waals surface area contributed by atoms with Crippen molar-refractivity contribution in [3.63, 3.8) is 0 Å². The summed E-state index contributed by atoms with van der Waals surface area (Å²) >= 11 is 0. The van der Waals surface area contributed by atoms with Crippen molar-refractivity contribution in [3.8, 4) is 0 Å². The zero-order chi connectivity index (χ0) is 19.4. The Morgan fingerprint density at radius 1 is 1.07 bits per heavy atom. The number of nitrogens with one attached hydrogen (secondary N) is 2. The summed E-state index contributed by atoms with van der Waals surface area (Å²) < 4.78 is 4.60. The number of hydrogen-bond donors (Lipinski definition) is 3. The number of carbonyl (C=O) groups is 3. The van der Waals surface area contributed by atoms with Crippen LogP contribution in [0.15, 0.2) is 48.5 Å². The van der Waals surface area contributed by atoms with Crippen molar-refractivity contribution in [1.82, 2.24) is 5.32 Å². The molecule has 0 aromatic heterocycles. The van der Waals surface area contributed by atoms with E-state index in [2.05, 4.69) is 15.4 Å². The van der Waals surface area contributed by atoms with Crippen LogP contribution in [-0.2, 0) is 26.3 Å². The van der Waals surface area contributed by atoms with Crippen LogP contribution in [0, 0.1) is 0 Å². The lowest BCUT2D eigenvalue weighted by atomic mass is 9.96. The summed E-state index contributed by atoms with van der Waals surface area (Å²) in [5, 5.41) is 15.7. The number of amides is 2. The molecule has 27 heavy (non-hydrogen) atoms. The second-order valence-electron chi connectivity index (χ2n) is 6.39. The third-order valence-corrected chi connectivity index (χ3v) is 4.64. The number of fused-ring (bicyclic) bond motifs is 1. The molecule has 7 nitrogen and oxygen atoms in total. The summed E-state index contributed by atoms with van der Waals surface area (Å²) in [7, 11) is 1.28. The van der Waals surface area contributed by atoms with E-state index >= 15 is 0 Å². The highest BCUT2D eigenvalue weighted by Crippen LogP contribution is 2.36. The van der Waals surface area contributed by atoms with Crippen molar-refractivity contribution in [3.05, 3.63) is 65.2 Å². The Bertz CT molecular complexity index is 878. The molecule has 0 fully saturated rings. The molecule has 7 heteroatoms. The van der Waals surface area contributed by atoms with Crippen LogP contribution < -0.4 is 10.6 Å². The Morgan fingerprint density at radius 2 is 1.78 bits per heavy atom. The van der Waals surface area contributed by atoms with Gasteiger partial charge in [-0.3, -0.25) is 9.59 Å². The van der Waals surface area contributed by atoms with Gasteiger partial charge in [-0.2, -0.15) is 0 Å². The van der Waals surface area contributed by atoms with E-state index in [4.69, 9.17) is 0 Å². The van der Waals surface area contributed by atoms with E-state index < -0.39 is 23.4 Å². The lowest BCUT2D eigenvalue weighted by Crippen LogP contribution is -2.43. The molecule has 0 saturated carbocycles. The maximum atomic E-state index is 12.1. The van der Waals surface area contributed by atoms with E-state index in [1.807, 2.05) is 24.3 Å². The van der Waals surface area contributed by atoms with E-state index in [0.717, 1.165) is 17.5 Å². The fourth-order valence-corrected chi connectivity index (χ4v) is 3.15. The van der Waals surface area contributed by atoms with Crippen LogP contribution in [0.25, 0.3) is 0 Å². The summed E-state index contributed by atoms with van der Waals surface area (Å²) in [6.45, 7) is -0.0441. The second kappa shape index (κ2) is 7.59. The van der Waals surface area contributed by atoms with Crippen LogP contribution in [0.1, 0.15) is 27.9 Å². The summed E-state index contributed by atoms with van der Waals surface area (Å²) in [5.74, 6) is -2.18. The fraction of sp³-hybridized carbons (Fsp3) is 0.250. The van der Waals surface area contributed by atoms with Crippen molar-refractivity contribution in [1.29, 1.82) is 0 Å². The molecule has 0 spiro atoms. The highest BCUT2D eigenvalue weighted by atomic mass is 16.5. The average molecular weight is 368 g/mol. The second-order valence-corrected chi connectivity index (χ2v) is 6.39.